The first-order valence-electron chi connectivity index (χ1n) is 11.7. The summed E-state index contributed by atoms with van der Waals surface area (Å²) in [5.41, 5.74) is 1.73. The highest BCUT2D eigenvalue weighted by Gasteiger charge is 2.31. The number of sulfonamides is 1. The first-order valence-corrected chi connectivity index (χ1v) is 14.0. The number of esters is 1. The largest absolute Gasteiger partial charge is 0.462 e. The molecule has 0 radical (unpaired) electrons. The van der Waals surface area contributed by atoms with Crippen LogP contribution in [-0.4, -0.2) is 57.9 Å². The average Bonchev–Trinajstić information content (AvgIpc) is 3.16. The number of likely N-dealkylation sites (N-methyl/N-ethyl adjacent to an activating group) is 1. The van der Waals surface area contributed by atoms with Gasteiger partial charge >= 0.3 is 5.97 Å². The van der Waals surface area contributed by atoms with Crippen molar-refractivity contribution in [3.63, 3.8) is 0 Å². The molecule has 1 fully saturated rings. The van der Waals surface area contributed by atoms with E-state index in [1.54, 1.807) is 6.92 Å². The second kappa shape index (κ2) is 10.2. The second-order valence-corrected chi connectivity index (χ2v) is 12.2. The molecule has 1 saturated heterocycles. The van der Waals surface area contributed by atoms with Crippen molar-refractivity contribution in [3.8, 4) is 0 Å². The Hall–Kier alpha value is -2.27. The Morgan fingerprint density at radius 2 is 2.00 bits per heavy atom. The number of ether oxygens (including phenoxy) is 1. The Morgan fingerprint density at radius 3 is 2.68 bits per heavy atom. The number of benzene rings is 1. The van der Waals surface area contributed by atoms with Crippen molar-refractivity contribution in [2.24, 2.45) is 5.92 Å². The van der Waals surface area contributed by atoms with E-state index in [-0.39, 0.29) is 17.4 Å². The molecule has 2 aromatic rings. The average molecular weight is 507 g/mol. The summed E-state index contributed by atoms with van der Waals surface area (Å²) in [5, 5.41) is 3.36. The number of hydrogen-bond acceptors (Lipinski definition) is 6. The fourth-order valence-electron chi connectivity index (χ4n) is 4.59. The molecule has 0 saturated carbocycles. The summed E-state index contributed by atoms with van der Waals surface area (Å²) in [6.45, 7) is 6.81. The molecule has 184 valence electrons. The molecule has 1 aromatic carbocycles. The highest BCUT2D eigenvalue weighted by molar-refractivity contribution is 7.89. The number of piperidine rings is 1. The van der Waals surface area contributed by atoms with Crippen LogP contribution in [0.3, 0.4) is 0 Å². The quantitative estimate of drug-likeness (QED) is 0.586. The van der Waals surface area contributed by atoms with Crippen LogP contribution in [0.5, 0.6) is 0 Å². The lowest BCUT2D eigenvalue weighted by Crippen LogP contribution is -3.08. The minimum absolute atomic E-state index is 0.183. The third-order valence-corrected chi connectivity index (χ3v) is 9.46. The van der Waals surface area contributed by atoms with Gasteiger partial charge in [-0.15, -0.1) is 11.3 Å². The van der Waals surface area contributed by atoms with Gasteiger partial charge in [-0.3, -0.25) is 4.79 Å². The fourth-order valence-corrected chi connectivity index (χ4v) is 7.54. The van der Waals surface area contributed by atoms with E-state index < -0.39 is 16.0 Å². The lowest BCUT2D eigenvalue weighted by molar-refractivity contribution is -0.895. The number of fused-ring (bicyclic) bond motifs is 1. The smallest absolute Gasteiger partial charge is 0.341 e. The van der Waals surface area contributed by atoms with Crippen LogP contribution < -0.4 is 10.2 Å². The number of hydrogen-bond donors (Lipinski definition) is 2. The van der Waals surface area contributed by atoms with E-state index in [4.69, 9.17) is 4.74 Å². The fraction of sp³-hybridized carbons (Fsp3) is 0.500. The van der Waals surface area contributed by atoms with Crippen LogP contribution >= 0.6 is 11.3 Å². The number of carbonyl (C=O) groups is 2. The molecule has 1 aromatic heterocycles. The van der Waals surface area contributed by atoms with Gasteiger partial charge in [0.25, 0.3) is 5.91 Å². The molecule has 4 rings (SSSR count). The molecule has 8 nitrogen and oxygen atoms in total. The summed E-state index contributed by atoms with van der Waals surface area (Å²) < 4.78 is 32.8. The maximum absolute atomic E-state index is 13.0. The van der Waals surface area contributed by atoms with Gasteiger partial charge in [-0.05, 0) is 55.5 Å². The van der Waals surface area contributed by atoms with E-state index in [1.165, 1.54) is 44.8 Å². The zero-order chi connectivity index (χ0) is 24.5. The number of rotatable bonds is 6. The molecule has 0 bridgehead atoms. The van der Waals surface area contributed by atoms with Crippen molar-refractivity contribution in [1.82, 2.24) is 4.31 Å². The van der Waals surface area contributed by atoms with Gasteiger partial charge in [0.15, 0.2) is 0 Å². The summed E-state index contributed by atoms with van der Waals surface area (Å²) >= 11 is 1.41. The normalized spacial score (nSPS) is 21.0. The molecule has 2 N–H and O–H groups in total. The van der Waals surface area contributed by atoms with Gasteiger partial charge in [0.2, 0.25) is 10.0 Å². The highest BCUT2D eigenvalue weighted by Crippen LogP contribution is 2.35. The number of anilines is 1. The third kappa shape index (κ3) is 5.05. The molecule has 2 aliphatic rings. The van der Waals surface area contributed by atoms with E-state index >= 15 is 0 Å². The number of amides is 1. The SMILES string of the molecule is CCOC(=O)c1c(NC(=O)c2ccc(S(=O)(=O)N3CCCC(C)C3)cc2)sc2c1CC[NH+](C)C2. The number of carbonyl (C=O) groups excluding carboxylic acids is 2. The predicted molar refractivity (Wildman–Crippen MR) is 131 cm³/mol. The molecule has 0 aliphatic carbocycles. The minimum Gasteiger partial charge on any atom is -0.462 e. The van der Waals surface area contributed by atoms with Crippen LogP contribution in [0.4, 0.5) is 5.00 Å². The van der Waals surface area contributed by atoms with Crippen molar-refractivity contribution < 1.29 is 27.6 Å². The Kier molecular flexibility index (Phi) is 7.42. The highest BCUT2D eigenvalue weighted by atomic mass is 32.2. The molecule has 3 heterocycles. The molecule has 2 atom stereocenters. The van der Waals surface area contributed by atoms with Crippen molar-refractivity contribution in [2.45, 2.75) is 44.6 Å². The lowest BCUT2D eigenvalue weighted by Gasteiger charge is -2.30. The topological polar surface area (TPSA) is 97.2 Å². The molecule has 0 spiro atoms. The van der Waals surface area contributed by atoms with Crippen LogP contribution in [0.15, 0.2) is 29.2 Å². The Morgan fingerprint density at radius 1 is 1.26 bits per heavy atom. The van der Waals surface area contributed by atoms with E-state index in [0.717, 1.165) is 42.8 Å². The number of nitrogens with one attached hydrogen (secondary N) is 2. The molecule has 1 amide bonds. The van der Waals surface area contributed by atoms with E-state index in [0.29, 0.717) is 35.1 Å². The van der Waals surface area contributed by atoms with E-state index in [2.05, 4.69) is 19.3 Å². The maximum Gasteiger partial charge on any atom is 0.341 e. The Labute approximate surface area is 204 Å². The van der Waals surface area contributed by atoms with E-state index in [9.17, 15) is 18.0 Å². The Balaban J connectivity index is 1.55. The van der Waals surface area contributed by atoms with Crippen molar-refractivity contribution in [1.29, 1.82) is 0 Å². The molecular weight excluding hydrogens is 474 g/mol. The van der Waals surface area contributed by atoms with E-state index in [1.807, 2.05) is 0 Å². The van der Waals surface area contributed by atoms with Gasteiger partial charge in [0.05, 0.1) is 35.5 Å². The number of quaternary nitrogens is 1. The van der Waals surface area contributed by atoms with Crippen LogP contribution in [0.2, 0.25) is 0 Å². The zero-order valence-corrected chi connectivity index (χ0v) is 21.5. The lowest BCUT2D eigenvalue weighted by atomic mass is 10.0. The van der Waals surface area contributed by atoms with Gasteiger partial charge in [0, 0.05) is 25.1 Å². The number of nitrogens with zero attached hydrogens (tertiary/aromatic N) is 1. The van der Waals surface area contributed by atoms with Gasteiger partial charge < -0.3 is 15.0 Å². The first kappa shape index (κ1) is 24.8. The van der Waals surface area contributed by atoms with Crippen molar-refractivity contribution >= 4 is 38.2 Å². The van der Waals surface area contributed by atoms with Crippen LogP contribution in [0.25, 0.3) is 0 Å². The van der Waals surface area contributed by atoms with Gasteiger partial charge in [-0.1, -0.05) is 6.92 Å². The van der Waals surface area contributed by atoms with Crippen LogP contribution in [0.1, 0.15) is 57.8 Å². The standard InChI is InChI=1S/C24H31N3O5S2/c1-4-32-24(29)21-19-11-13-26(3)15-20(19)33-23(21)25-22(28)17-7-9-18(10-8-17)34(30,31)27-12-5-6-16(2)14-27/h7-10,16H,4-6,11-15H2,1-3H3,(H,25,28)/p+1. The monoisotopic (exact) mass is 506 g/mol. The first-order chi connectivity index (χ1) is 16.2. The van der Waals surface area contributed by atoms with Gasteiger partial charge in [-0.25, -0.2) is 13.2 Å². The number of thiophene rings is 1. The summed E-state index contributed by atoms with van der Waals surface area (Å²) in [6, 6.07) is 6.00. The summed E-state index contributed by atoms with van der Waals surface area (Å²) in [5.74, 6) is -0.479. The van der Waals surface area contributed by atoms with Crippen molar-refractivity contribution in [2.75, 3.05) is 38.6 Å². The van der Waals surface area contributed by atoms with Gasteiger partial charge in [-0.2, -0.15) is 4.31 Å². The molecule has 2 aliphatic heterocycles. The molecule has 2 unspecified atom stereocenters. The predicted octanol–water partition coefficient (Wildman–Crippen LogP) is 2.17. The summed E-state index contributed by atoms with van der Waals surface area (Å²) in [4.78, 5) is 28.3. The third-order valence-electron chi connectivity index (χ3n) is 6.44. The summed E-state index contributed by atoms with van der Waals surface area (Å²) in [7, 11) is -1.49. The minimum atomic E-state index is -3.59. The zero-order valence-electron chi connectivity index (χ0n) is 19.8. The molecule has 10 heteroatoms. The Bertz CT molecular complexity index is 1170. The molecular formula is C24H32N3O5S2+. The van der Waals surface area contributed by atoms with Gasteiger partial charge in [0.1, 0.15) is 11.5 Å². The maximum atomic E-state index is 13.0. The summed E-state index contributed by atoms with van der Waals surface area (Å²) in [6.07, 6.45) is 2.64. The van der Waals surface area contributed by atoms with Crippen molar-refractivity contribution in [3.05, 3.63) is 45.8 Å². The van der Waals surface area contributed by atoms with Crippen LogP contribution in [0, 0.1) is 5.92 Å². The second-order valence-electron chi connectivity index (χ2n) is 9.15. The molecule has 34 heavy (non-hydrogen) atoms. The van der Waals surface area contributed by atoms with Crippen LogP contribution in [-0.2, 0) is 27.7 Å².